The SMILES string of the molecule is CCCCOc1c2n(cc(C(=O)OCC)c1=O)[C@@H]1CCCC[C@H]1NC2=O. The molecule has 0 bridgehead atoms. The van der Waals surface area contributed by atoms with E-state index in [1.807, 2.05) is 6.92 Å². The summed E-state index contributed by atoms with van der Waals surface area (Å²) < 4.78 is 12.5. The highest BCUT2D eigenvalue weighted by molar-refractivity contribution is 5.98. The summed E-state index contributed by atoms with van der Waals surface area (Å²) in [6.45, 7) is 4.21. The van der Waals surface area contributed by atoms with Crippen LogP contribution in [0.5, 0.6) is 5.75 Å². The van der Waals surface area contributed by atoms with Crippen molar-refractivity contribution in [2.75, 3.05) is 13.2 Å². The number of pyridine rings is 1. The number of aromatic nitrogens is 1. The first-order chi connectivity index (χ1) is 12.6. The first-order valence-electron chi connectivity index (χ1n) is 9.48. The number of unbranched alkanes of at least 4 members (excludes halogenated alkanes) is 1. The minimum absolute atomic E-state index is 0.0183. The molecule has 0 spiro atoms. The lowest BCUT2D eigenvalue weighted by molar-refractivity contribution is 0.0520. The van der Waals surface area contributed by atoms with Gasteiger partial charge in [0.1, 0.15) is 5.56 Å². The van der Waals surface area contributed by atoms with E-state index >= 15 is 0 Å². The average Bonchev–Trinajstić information content (AvgIpc) is 2.63. The van der Waals surface area contributed by atoms with Crippen LogP contribution in [0, 0.1) is 0 Å². The van der Waals surface area contributed by atoms with Crippen LogP contribution in [0.15, 0.2) is 11.0 Å². The third kappa shape index (κ3) is 3.34. The molecule has 1 saturated carbocycles. The second-order valence-electron chi connectivity index (χ2n) is 6.81. The third-order valence-corrected chi connectivity index (χ3v) is 5.05. The summed E-state index contributed by atoms with van der Waals surface area (Å²) in [5, 5.41) is 3.01. The number of hydrogen-bond acceptors (Lipinski definition) is 5. The maximum absolute atomic E-state index is 12.8. The second-order valence-corrected chi connectivity index (χ2v) is 6.81. The van der Waals surface area contributed by atoms with Crippen molar-refractivity contribution in [3.05, 3.63) is 27.7 Å². The molecule has 1 amide bonds. The highest BCUT2D eigenvalue weighted by Gasteiger charge is 2.38. The van der Waals surface area contributed by atoms with Gasteiger partial charge in [-0.25, -0.2) is 4.79 Å². The normalized spacial score (nSPS) is 21.4. The van der Waals surface area contributed by atoms with Gasteiger partial charge in [-0.2, -0.15) is 0 Å². The quantitative estimate of drug-likeness (QED) is 0.620. The van der Waals surface area contributed by atoms with Gasteiger partial charge in [0.25, 0.3) is 5.91 Å². The van der Waals surface area contributed by atoms with E-state index in [9.17, 15) is 14.4 Å². The molecule has 1 aromatic rings. The summed E-state index contributed by atoms with van der Waals surface area (Å²) in [5.41, 5.74) is -0.418. The highest BCUT2D eigenvalue weighted by atomic mass is 16.5. The van der Waals surface area contributed by atoms with E-state index in [0.717, 1.165) is 38.5 Å². The number of nitrogens with zero attached hydrogens (tertiary/aromatic N) is 1. The van der Waals surface area contributed by atoms with Crippen molar-refractivity contribution in [1.82, 2.24) is 9.88 Å². The van der Waals surface area contributed by atoms with Crippen molar-refractivity contribution in [2.24, 2.45) is 0 Å². The van der Waals surface area contributed by atoms with Gasteiger partial charge < -0.3 is 19.4 Å². The summed E-state index contributed by atoms with van der Waals surface area (Å²) in [6, 6.07) is 0.0449. The Hall–Kier alpha value is -2.31. The van der Waals surface area contributed by atoms with Crippen LogP contribution in [0.3, 0.4) is 0 Å². The van der Waals surface area contributed by atoms with E-state index in [1.165, 1.54) is 6.20 Å². The second kappa shape index (κ2) is 7.93. The number of hydrogen-bond donors (Lipinski definition) is 1. The van der Waals surface area contributed by atoms with Crippen molar-refractivity contribution in [3.63, 3.8) is 0 Å². The maximum atomic E-state index is 12.8. The first-order valence-corrected chi connectivity index (χ1v) is 9.48. The lowest BCUT2D eigenvalue weighted by Gasteiger charge is -2.39. The summed E-state index contributed by atoms with van der Waals surface area (Å²) in [4.78, 5) is 37.8. The van der Waals surface area contributed by atoms with Crippen molar-refractivity contribution >= 4 is 11.9 Å². The predicted molar refractivity (Wildman–Crippen MR) is 95.8 cm³/mol. The fourth-order valence-corrected chi connectivity index (χ4v) is 3.75. The van der Waals surface area contributed by atoms with Gasteiger partial charge in [-0.1, -0.05) is 26.2 Å². The number of esters is 1. The smallest absolute Gasteiger partial charge is 0.343 e. The van der Waals surface area contributed by atoms with Gasteiger partial charge in [0.05, 0.1) is 19.3 Å². The molecule has 1 aliphatic heterocycles. The van der Waals surface area contributed by atoms with Crippen LogP contribution < -0.4 is 15.5 Å². The van der Waals surface area contributed by atoms with Crippen LogP contribution in [0.4, 0.5) is 0 Å². The Morgan fingerprint density at radius 2 is 2.04 bits per heavy atom. The predicted octanol–water partition coefficient (Wildman–Crippen LogP) is 2.43. The van der Waals surface area contributed by atoms with Gasteiger partial charge in [-0.15, -0.1) is 0 Å². The topological polar surface area (TPSA) is 86.6 Å². The molecular weight excluding hydrogens is 336 g/mol. The Kier molecular flexibility index (Phi) is 5.64. The molecular formula is C19H26N2O5. The van der Waals surface area contributed by atoms with Crippen LogP contribution in [-0.4, -0.2) is 35.7 Å². The van der Waals surface area contributed by atoms with Gasteiger partial charge in [0.15, 0.2) is 11.4 Å². The molecule has 2 aliphatic rings. The number of ether oxygens (including phenoxy) is 2. The molecule has 2 heterocycles. The standard InChI is InChI=1S/C19H26N2O5/c1-3-5-10-26-17-15-18(23)20-13-8-6-7-9-14(13)21(15)11-12(16(17)22)19(24)25-4-2/h11,13-14H,3-10H2,1-2H3,(H,20,23)/t13-,14-/m1/s1. The van der Waals surface area contributed by atoms with Gasteiger partial charge in [0.2, 0.25) is 5.43 Å². The molecule has 142 valence electrons. The van der Waals surface area contributed by atoms with Crippen LogP contribution in [-0.2, 0) is 4.74 Å². The van der Waals surface area contributed by atoms with E-state index in [-0.39, 0.29) is 41.6 Å². The Labute approximate surface area is 152 Å². The zero-order valence-electron chi connectivity index (χ0n) is 15.4. The van der Waals surface area contributed by atoms with Crippen LogP contribution in [0.2, 0.25) is 0 Å². The molecule has 0 radical (unpaired) electrons. The minimum Gasteiger partial charge on any atom is -0.487 e. The molecule has 0 aromatic carbocycles. The highest BCUT2D eigenvalue weighted by Crippen LogP contribution is 2.35. The van der Waals surface area contributed by atoms with Crippen molar-refractivity contribution in [2.45, 2.75) is 64.5 Å². The molecule has 1 aromatic heterocycles. The maximum Gasteiger partial charge on any atom is 0.343 e. The molecule has 0 unspecified atom stereocenters. The molecule has 1 N–H and O–H groups in total. The number of nitrogens with one attached hydrogen (secondary N) is 1. The van der Waals surface area contributed by atoms with Gasteiger partial charge in [-0.05, 0) is 26.2 Å². The molecule has 1 aliphatic carbocycles. The molecule has 0 saturated heterocycles. The zero-order chi connectivity index (χ0) is 18.7. The first kappa shape index (κ1) is 18.5. The molecule has 26 heavy (non-hydrogen) atoms. The number of amides is 1. The minimum atomic E-state index is -0.675. The lowest BCUT2D eigenvalue weighted by atomic mass is 9.87. The Balaban J connectivity index is 2.12. The van der Waals surface area contributed by atoms with Crippen LogP contribution >= 0.6 is 0 Å². The molecule has 7 heteroatoms. The van der Waals surface area contributed by atoms with Gasteiger partial charge in [-0.3, -0.25) is 9.59 Å². The molecule has 3 rings (SSSR count). The number of carbonyl (C=O) groups is 2. The number of carbonyl (C=O) groups excluding carboxylic acids is 2. The van der Waals surface area contributed by atoms with Gasteiger partial charge in [0, 0.05) is 12.2 Å². The van der Waals surface area contributed by atoms with E-state index in [1.54, 1.807) is 11.5 Å². The van der Waals surface area contributed by atoms with E-state index < -0.39 is 11.4 Å². The van der Waals surface area contributed by atoms with Crippen LogP contribution in [0.1, 0.15) is 79.3 Å². The Bertz CT molecular complexity index is 755. The van der Waals surface area contributed by atoms with Crippen molar-refractivity contribution in [1.29, 1.82) is 0 Å². The number of rotatable bonds is 6. The van der Waals surface area contributed by atoms with E-state index in [4.69, 9.17) is 9.47 Å². The molecule has 2 atom stereocenters. The monoisotopic (exact) mass is 362 g/mol. The van der Waals surface area contributed by atoms with Crippen molar-refractivity contribution < 1.29 is 19.1 Å². The molecule has 7 nitrogen and oxygen atoms in total. The fraction of sp³-hybridized carbons (Fsp3) is 0.632. The molecule has 1 fully saturated rings. The lowest BCUT2D eigenvalue weighted by Crippen LogP contribution is -2.50. The number of fused-ring (bicyclic) bond motifs is 3. The third-order valence-electron chi connectivity index (χ3n) is 5.05. The Morgan fingerprint density at radius 1 is 1.27 bits per heavy atom. The summed E-state index contributed by atoms with van der Waals surface area (Å²) in [6.07, 6.45) is 7.03. The van der Waals surface area contributed by atoms with Crippen LogP contribution in [0.25, 0.3) is 0 Å². The Morgan fingerprint density at radius 3 is 2.77 bits per heavy atom. The summed E-state index contributed by atoms with van der Waals surface area (Å²) >= 11 is 0. The average molecular weight is 362 g/mol. The van der Waals surface area contributed by atoms with E-state index in [2.05, 4.69) is 5.32 Å². The van der Waals surface area contributed by atoms with Crippen molar-refractivity contribution in [3.8, 4) is 5.75 Å². The zero-order valence-corrected chi connectivity index (χ0v) is 15.4. The van der Waals surface area contributed by atoms with Gasteiger partial charge >= 0.3 is 5.97 Å². The van der Waals surface area contributed by atoms with E-state index in [0.29, 0.717) is 6.61 Å². The fourth-order valence-electron chi connectivity index (χ4n) is 3.75. The largest absolute Gasteiger partial charge is 0.487 e. The summed E-state index contributed by atoms with van der Waals surface area (Å²) in [5.74, 6) is -1.02. The summed E-state index contributed by atoms with van der Waals surface area (Å²) in [7, 11) is 0.